The molecule has 0 fully saturated rings. The van der Waals surface area contributed by atoms with Gasteiger partial charge in [0.2, 0.25) is 0 Å². The van der Waals surface area contributed by atoms with Gasteiger partial charge in [0.25, 0.3) is 0 Å². The maximum atomic E-state index is 6.54. The lowest BCUT2D eigenvalue weighted by Crippen LogP contribution is -2.02. The molecule has 48 heavy (non-hydrogen) atoms. The molecule has 0 bridgehead atoms. The number of nitrogens with zero attached hydrogens (tertiary/aromatic N) is 3. The Morgan fingerprint density at radius 2 is 1.04 bits per heavy atom. The molecule has 6 heteroatoms. The molecule has 0 atom stereocenters. The maximum Gasteiger partial charge on any atom is 0.162 e. The van der Waals surface area contributed by atoms with Crippen LogP contribution in [0.1, 0.15) is 0 Å². The summed E-state index contributed by atoms with van der Waals surface area (Å²) in [4.78, 5) is 10.3. The Morgan fingerprint density at radius 1 is 0.458 bits per heavy atom. The Bertz CT molecular complexity index is 2750. The van der Waals surface area contributed by atoms with Gasteiger partial charge in [-0.25, -0.2) is 9.97 Å². The highest BCUT2D eigenvalue weighted by molar-refractivity contribution is 8.59. The first-order chi connectivity index (χ1) is 23.8. The van der Waals surface area contributed by atoms with E-state index in [1.807, 2.05) is 24.3 Å². The second-order valence-corrected chi connectivity index (χ2v) is 11.8. The fraction of sp³-hybridized carbons (Fsp3) is 0. The summed E-state index contributed by atoms with van der Waals surface area (Å²) in [6.45, 7) is 0. The van der Waals surface area contributed by atoms with E-state index in [0.717, 1.165) is 66.4 Å². The molecule has 0 N–H and O–H groups in total. The van der Waals surface area contributed by atoms with Crippen molar-refractivity contribution in [1.82, 2.24) is 14.5 Å². The van der Waals surface area contributed by atoms with Crippen LogP contribution in [-0.2, 0) is 0 Å². The summed E-state index contributed by atoms with van der Waals surface area (Å²) >= 11 is 6.44. The van der Waals surface area contributed by atoms with E-state index in [1.54, 1.807) is 0 Å². The minimum absolute atomic E-state index is 0.689. The molecule has 3 heterocycles. The average molecular weight is 654 g/mol. The smallest absolute Gasteiger partial charge is 0.162 e. The summed E-state index contributed by atoms with van der Waals surface area (Å²) in [5, 5.41) is 9.30. The molecule has 10 rings (SSSR count). The molecular weight excluding hydrogens is 627 g/mol. The van der Waals surface area contributed by atoms with Crippen molar-refractivity contribution in [2.24, 2.45) is 0 Å². The molecule has 0 radical (unpaired) electrons. The van der Waals surface area contributed by atoms with Gasteiger partial charge in [-0.15, -0.1) is 23.3 Å². The van der Waals surface area contributed by atoms with Gasteiger partial charge in [0.1, 0.15) is 17.0 Å². The molecule has 0 aliphatic rings. The van der Waals surface area contributed by atoms with Crippen LogP contribution in [0.5, 0.6) is 0 Å². The summed E-state index contributed by atoms with van der Waals surface area (Å²) < 4.78 is 8.84. The van der Waals surface area contributed by atoms with Gasteiger partial charge < -0.3 is 4.42 Å². The van der Waals surface area contributed by atoms with Gasteiger partial charge >= 0.3 is 0 Å². The minimum atomic E-state index is 0.689. The lowest BCUT2D eigenvalue weighted by molar-refractivity contribution is 0.669. The van der Waals surface area contributed by atoms with Gasteiger partial charge in [-0.1, -0.05) is 109 Å². The molecule has 0 unspecified atom stereocenters. The molecule has 0 amide bonds. The van der Waals surface area contributed by atoms with Gasteiger partial charge in [-0.05, 0) is 57.9 Å². The van der Waals surface area contributed by atoms with Gasteiger partial charge in [0, 0.05) is 38.7 Å². The fourth-order valence-corrected chi connectivity index (χ4v) is 7.01. The Labute approximate surface area is 286 Å². The van der Waals surface area contributed by atoms with Gasteiger partial charge in [0.15, 0.2) is 5.82 Å². The predicted octanol–water partition coefficient (Wildman–Crippen LogP) is 11.9. The predicted molar refractivity (Wildman–Crippen MR) is 208 cm³/mol. The molecule has 10 aromatic rings. The number of thiol groups is 2. The molecule has 0 saturated carbocycles. The molecule has 228 valence electrons. The van der Waals surface area contributed by atoms with E-state index < -0.39 is 0 Å². The van der Waals surface area contributed by atoms with E-state index in [-0.39, 0.29) is 0 Å². The lowest BCUT2D eigenvalue weighted by Gasteiger charge is -2.12. The molecule has 0 saturated heterocycles. The number of aromatic nitrogens is 3. The van der Waals surface area contributed by atoms with Crippen LogP contribution in [0.2, 0.25) is 0 Å². The number of hydrogen-bond donors (Lipinski definition) is 2. The molecular formula is C42H27N3OS2. The van der Waals surface area contributed by atoms with Crippen molar-refractivity contribution in [3.05, 3.63) is 152 Å². The molecule has 7 aromatic carbocycles. The van der Waals surface area contributed by atoms with Crippen LogP contribution in [0.3, 0.4) is 0 Å². The maximum absolute atomic E-state index is 6.54. The van der Waals surface area contributed by atoms with E-state index in [0.29, 0.717) is 5.82 Å². The molecule has 0 aliphatic heterocycles. The number of fused-ring (bicyclic) bond motifs is 9. The first-order valence-electron chi connectivity index (χ1n) is 15.7. The number of furan rings is 1. The highest BCUT2D eigenvalue weighted by Gasteiger charge is 2.21. The summed E-state index contributed by atoms with van der Waals surface area (Å²) in [6, 6.07) is 53.0. The number of benzene rings is 7. The van der Waals surface area contributed by atoms with Crippen molar-refractivity contribution in [1.29, 1.82) is 0 Å². The van der Waals surface area contributed by atoms with Gasteiger partial charge in [0.05, 0.1) is 16.7 Å². The number of hydrogen-bond acceptors (Lipinski definition) is 5. The Hall–Kier alpha value is -5.56. The van der Waals surface area contributed by atoms with Crippen molar-refractivity contribution in [2.75, 3.05) is 0 Å². The largest absolute Gasteiger partial charge is 0.456 e. The molecule has 3 aromatic heterocycles. The summed E-state index contributed by atoms with van der Waals surface area (Å²) in [5.41, 5.74) is 6.83. The highest BCUT2D eigenvalue weighted by atomic mass is 33.1. The third kappa shape index (κ3) is 4.56. The van der Waals surface area contributed by atoms with E-state index in [9.17, 15) is 0 Å². The Morgan fingerprint density at radius 3 is 1.73 bits per heavy atom. The van der Waals surface area contributed by atoms with Gasteiger partial charge in [-0.2, -0.15) is 0 Å². The van der Waals surface area contributed by atoms with E-state index in [2.05, 4.69) is 155 Å². The summed E-state index contributed by atoms with van der Waals surface area (Å²) in [5.74, 6) is 1.51. The van der Waals surface area contributed by atoms with Crippen LogP contribution in [-0.4, -0.2) is 14.5 Å². The SMILES string of the molecule is SS.c1ccc(-c2cc(-n3c4cc5ccccc5cc4c4c5c(ccc43)oc3cc4ccccc4cc35)nc(-c3ccccc3)n2)cc1. The van der Waals surface area contributed by atoms with E-state index in [4.69, 9.17) is 14.4 Å². The van der Waals surface area contributed by atoms with Crippen LogP contribution in [0.4, 0.5) is 0 Å². The normalized spacial score (nSPS) is 11.5. The zero-order valence-corrected chi connectivity index (χ0v) is 27.4. The van der Waals surface area contributed by atoms with Crippen LogP contribution in [0, 0.1) is 0 Å². The van der Waals surface area contributed by atoms with Crippen LogP contribution in [0.15, 0.2) is 156 Å². The molecule has 0 spiro atoms. The second-order valence-electron chi connectivity index (χ2n) is 11.8. The van der Waals surface area contributed by atoms with Crippen molar-refractivity contribution in [2.45, 2.75) is 0 Å². The van der Waals surface area contributed by atoms with Crippen molar-refractivity contribution in [3.8, 4) is 28.5 Å². The second kappa shape index (κ2) is 11.6. The van der Waals surface area contributed by atoms with Crippen molar-refractivity contribution < 1.29 is 4.42 Å². The third-order valence-corrected chi connectivity index (χ3v) is 9.14. The van der Waals surface area contributed by atoms with Crippen molar-refractivity contribution >= 4 is 88.6 Å². The number of rotatable bonds is 3. The quantitative estimate of drug-likeness (QED) is 0.147. The topological polar surface area (TPSA) is 43.9 Å². The zero-order chi connectivity index (χ0) is 32.2. The zero-order valence-electron chi connectivity index (χ0n) is 25.6. The van der Waals surface area contributed by atoms with Crippen LogP contribution < -0.4 is 0 Å². The lowest BCUT2D eigenvalue weighted by atomic mass is 10.0. The first kappa shape index (κ1) is 28.6. The Kier molecular flexibility index (Phi) is 6.92. The van der Waals surface area contributed by atoms with Crippen LogP contribution in [0.25, 0.3) is 93.8 Å². The average Bonchev–Trinajstić information content (AvgIpc) is 3.68. The van der Waals surface area contributed by atoms with E-state index >= 15 is 0 Å². The summed E-state index contributed by atoms with van der Waals surface area (Å²) in [7, 11) is 0. The van der Waals surface area contributed by atoms with Crippen LogP contribution >= 0.6 is 23.3 Å². The first-order valence-corrected chi connectivity index (χ1v) is 17.3. The standard InChI is InChI=1S/C42H25N3O.H2S2/c1-3-11-26(12-4-1)34-25-39(44-42(43-34)27-13-5-2-6-14-27)45-35-19-20-37-41(33-22-29-16-8-10-18-31(29)24-38(33)46-37)40(35)32-21-28-15-7-9-17-30(28)23-36(32)45;1-2/h1-25H;1-2H. The summed E-state index contributed by atoms with van der Waals surface area (Å²) in [6.07, 6.45) is 0. The Balaban J connectivity index is 0.00000154. The van der Waals surface area contributed by atoms with Crippen molar-refractivity contribution in [3.63, 3.8) is 0 Å². The molecule has 0 aliphatic carbocycles. The molecule has 4 nitrogen and oxygen atoms in total. The monoisotopic (exact) mass is 653 g/mol. The van der Waals surface area contributed by atoms with E-state index in [1.165, 1.54) is 21.5 Å². The highest BCUT2D eigenvalue weighted by Crippen LogP contribution is 2.43. The third-order valence-electron chi connectivity index (χ3n) is 9.14. The fourth-order valence-electron chi connectivity index (χ4n) is 7.01. The minimum Gasteiger partial charge on any atom is -0.456 e. The van der Waals surface area contributed by atoms with Gasteiger partial charge in [-0.3, -0.25) is 4.57 Å².